The van der Waals surface area contributed by atoms with E-state index in [1.165, 1.54) is 16.2 Å². The minimum atomic E-state index is 0. The standard InChI is InChI=1S/C23H29N3O3S2.ClH/c1-25(2)14-15-26(23-24-22-19(29-4)7-5-8-20(22)31-23)21(27)9-6-16-30-18-12-10-17(28-3)11-13-18;/h5,7-8,10-13H,6,9,14-16H2,1-4H3;1H. The molecule has 0 aliphatic heterocycles. The van der Waals surface area contributed by atoms with E-state index in [2.05, 4.69) is 4.90 Å². The van der Waals surface area contributed by atoms with Gasteiger partial charge in [0.2, 0.25) is 5.91 Å². The molecule has 1 aromatic heterocycles. The van der Waals surface area contributed by atoms with Crippen molar-refractivity contribution in [2.45, 2.75) is 17.7 Å². The van der Waals surface area contributed by atoms with E-state index in [0.29, 0.717) is 13.0 Å². The van der Waals surface area contributed by atoms with Gasteiger partial charge in [-0.1, -0.05) is 17.4 Å². The molecule has 1 heterocycles. The number of thiazole rings is 1. The number of amides is 1. The van der Waals surface area contributed by atoms with Crippen LogP contribution in [0.3, 0.4) is 0 Å². The number of para-hydroxylation sites is 1. The monoisotopic (exact) mass is 495 g/mol. The Hall–Kier alpha value is -2.00. The molecule has 1 amide bonds. The first-order valence-corrected chi connectivity index (χ1v) is 12.0. The lowest BCUT2D eigenvalue weighted by molar-refractivity contribution is -0.118. The summed E-state index contributed by atoms with van der Waals surface area (Å²) in [6.45, 7) is 1.39. The van der Waals surface area contributed by atoms with Gasteiger partial charge in [-0.2, -0.15) is 0 Å². The van der Waals surface area contributed by atoms with Gasteiger partial charge in [-0.3, -0.25) is 9.69 Å². The van der Waals surface area contributed by atoms with Crippen LogP contribution in [-0.4, -0.2) is 62.9 Å². The van der Waals surface area contributed by atoms with Crippen molar-refractivity contribution in [2.75, 3.05) is 52.1 Å². The zero-order valence-electron chi connectivity index (χ0n) is 18.9. The molecule has 6 nitrogen and oxygen atoms in total. The first-order valence-electron chi connectivity index (χ1n) is 10.2. The van der Waals surface area contributed by atoms with E-state index < -0.39 is 0 Å². The predicted octanol–water partition coefficient (Wildman–Crippen LogP) is 5.20. The lowest BCUT2D eigenvalue weighted by Gasteiger charge is -2.22. The highest BCUT2D eigenvalue weighted by molar-refractivity contribution is 7.99. The fraction of sp³-hybridized carbons (Fsp3) is 0.391. The molecule has 0 unspecified atom stereocenters. The number of hydrogen-bond acceptors (Lipinski definition) is 7. The summed E-state index contributed by atoms with van der Waals surface area (Å²) in [5.74, 6) is 2.57. The van der Waals surface area contributed by atoms with Crippen LogP contribution in [0.25, 0.3) is 10.2 Å². The van der Waals surface area contributed by atoms with Crippen molar-refractivity contribution < 1.29 is 14.3 Å². The second-order valence-electron chi connectivity index (χ2n) is 7.28. The van der Waals surface area contributed by atoms with Crippen LogP contribution in [0.15, 0.2) is 47.4 Å². The summed E-state index contributed by atoms with van der Waals surface area (Å²) >= 11 is 3.28. The molecule has 3 rings (SSSR count). The number of carbonyl (C=O) groups is 1. The van der Waals surface area contributed by atoms with E-state index >= 15 is 0 Å². The molecule has 0 aliphatic rings. The van der Waals surface area contributed by atoms with Gasteiger partial charge in [-0.05, 0) is 62.7 Å². The van der Waals surface area contributed by atoms with E-state index in [1.807, 2.05) is 61.5 Å². The van der Waals surface area contributed by atoms with Crippen LogP contribution in [0, 0.1) is 0 Å². The highest BCUT2D eigenvalue weighted by atomic mass is 35.5. The molecule has 2 aromatic carbocycles. The number of anilines is 1. The summed E-state index contributed by atoms with van der Waals surface area (Å²) in [6, 6.07) is 13.9. The van der Waals surface area contributed by atoms with E-state index in [1.54, 1.807) is 26.0 Å². The summed E-state index contributed by atoms with van der Waals surface area (Å²) in [5.41, 5.74) is 0.808. The summed E-state index contributed by atoms with van der Waals surface area (Å²) in [4.78, 5) is 22.9. The van der Waals surface area contributed by atoms with Crippen LogP contribution in [0.4, 0.5) is 5.13 Å². The second kappa shape index (κ2) is 12.9. The van der Waals surface area contributed by atoms with Crippen molar-refractivity contribution in [3.8, 4) is 11.5 Å². The molecule has 0 bridgehead atoms. The Morgan fingerprint density at radius 2 is 1.81 bits per heavy atom. The number of hydrogen-bond donors (Lipinski definition) is 0. The van der Waals surface area contributed by atoms with Crippen molar-refractivity contribution in [3.63, 3.8) is 0 Å². The van der Waals surface area contributed by atoms with E-state index in [-0.39, 0.29) is 18.3 Å². The molecular formula is C23H30ClN3O3S2. The highest BCUT2D eigenvalue weighted by Crippen LogP contribution is 2.34. The number of ether oxygens (including phenoxy) is 2. The van der Waals surface area contributed by atoms with Crippen LogP contribution >= 0.6 is 35.5 Å². The lowest BCUT2D eigenvalue weighted by atomic mass is 10.3. The fourth-order valence-electron chi connectivity index (χ4n) is 3.04. The van der Waals surface area contributed by atoms with Gasteiger partial charge in [0, 0.05) is 24.4 Å². The summed E-state index contributed by atoms with van der Waals surface area (Å²) < 4.78 is 11.7. The van der Waals surface area contributed by atoms with Gasteiger partial charge < -0.3 is 14.4 Å². The zero-order chi connectivity index (χ0) is 22.2. The van der Waals surface area contributed by atoms with E-state index in [9.17, 15) is 4.79 Å². The van der Waals surface area contributed by atoms with Crippen LogP contribution in [0.1, 0.15) is 12.8 Å². The van der Waals surface area contributed by atoms with Gasteiger partial charge in [0.1, 0.15) is 17.0 Å². The van der Waals surface area contributed by atoms with E-state index in [0.717, 1.165) is 45.6 Å². The molecule has 0 aliphatic carbocycles. The molecule has 0 saturated carbocycles. The number of likely N-dealkylation sites (N-methyl/N-ethyl adjacent to an activating group) is 1. The van der Waals surface area contributed by atoms with Gasteiger partial charge in [-0.25, -0.2) is 4.98 Å². The molecule has 9 heteroatoms. The topological polar surface area (TPSA) is 54.9 Å². The van der Waals surface area contributed by atoms with Gasteiger partial charge in [0.25, 0.3) is 0 Å². The number of halogens is 1. The number of thioether (sulfide) groups is 1. The van der Waals surface area contributed by atoms with Crippen LogP contribution < -0.4 is 14.4 Å². The van der Waals surface area contributed by atoms with Gasteiger partial charge in [0.05, 0.1) is 18.9 Å². The minimum absolute atomic E-state index is 0. The molecule has 0 spiro atoms. The number of fused-ring (bicyclic) bond motifs is 1. The molecule has 174 valence electrons. The zero-order valence-corrected chi connectivity index (χ0v) is 21.3. The quantitative estimate of drug-likeness (QED) is 0.269. The van der Waals surface area contributed by atoms with Crippen molar-refractivity contribution in [1.82, 2.24) is 9.88 Å². The highest BCUT2D eigenvalue weighted by Gasteiger charge is 2.20. The molecular weight excluding hydrogens is 466 g/mol. The summed E-state index contributed by atoms with van der Waals surface area (Å²) in [6.07, 6.45) is 1.30. The maximum absolute atomic E-state index is 13.1. The van der Waals surface area contributed by atoms with Crippen molar-refractivity contribution in [2.24, 2.45) is 0 Å². The normalized spacial score (nSPS) is 10.8. The third kappa shape index (κ3) is 7.00. The Labute approximate surface area is 204 Å². The number of rotatable bonds is 11. The Balaban J connectivity index is 0.00000363. The first kappa shape index (κ1) is 26.3. The minimum Gasteiger partial charge on any atom is -0.497 e. The average molecular weight is 496 g/mol. The van der Waals surface area contributed by atoms with Crippen molar-refractivity contribution >= 4 is 56.8 Å². The molecule has 32 heavy (non-hydrogen) atoms. The summed E-state index contributed by atoms with van der Waals surface area (Å²) in [7, 11) is 7.33. The van der Waals surface area contributed by atoms with Crippen LogP contribution in [0.2, 0.25) is 0 Å². The number of methoxy groups -OCH3 is 2. The largest absolute Gasteiger partial charge is 0.497 e. The second-order valence-corrected chi connectivity index (χ2v) is 9.46. The first-order chi connectivity index (χ1) is 15.0. The number of aromatic nitrogens is 1. The van der Waals surface area contributed by atoms with Gasteiger partial charge in [0.15, 0.2) is 5.13 Å². The number of carbonyl (C=O) groups excluding carboxylic acids is 1. The van der Waals surface area contributed by atoms with Gasteiger partial charge >= 0.3 is 0 Å². The van der Waals surface area contributed by atoms with Crippen molar-refractivity contribution in [1.29, 1.82) is 0 Å². The van der Waals surface area contributed by atoms with Crippen LogP contribution in [0.5, 0.6) is 11.5 Å². The van der Waals surface area contributed by atoms with Gasteiger partial charge in [-0.15, -0.1) is 24.2 Å². The van der Waals surface area contributed by atoms with E-state index in [4.69, 9.17) is 14.5 Å². The maximum Gasteiger partial charge on any atom is 0.228 e. The smallest absolute Gasteiger partial charge is 0.228 e. The third-order valence-electron chi connectivity index (χ3n) is 4.76. The fourth-order valence-corrected chi connectivity index (χ4v) is 4.92. The predicted molar refractivity (Wildman–Crippen MR) is 137 cm³/mol. The number of nitrogens with zero attached hydrogens (tertiary/aromatic N) is 3. The Bertz CT molecular complexity index is 996. The molecule has 0 radical (unpaired) electrons. The Morgan fingerprint density at radius 3 is 2.47 bits per heavy atom. The SMILES string of the molecule is COc1ccc(SCCCC(=O)N(CCN(C)C)c2nc3c(OC)cccc3s2)cc1.Cl. The number of benzene rings is 2. The average Bonchev–Trinajstić information content (AvgIpc) is 3.21. The lowest BCUT2D eigenvalue weighted by Crippen LogP contribution is -2.36. The molecule has 0 saturated heterocycles. The molecule has 0 atom stereocenters. The summed E-state index contributed by atoms with van der Waals surface area (Å²) in [5, 5.41) is 0.731. The maximum atomic E-state index is 13.1. The molecule has 3 aromatic rings. The Kier molecular flexibility index (Phi) is 10.6. The molecule has 0 fully saturated rings. The third-order valence-corrected chi connectivity index (χ3v) is 6.90. The Morgan fingerprint density at radius 1 is 1.06 bits per heavy atom. The van der Waals surface area contributed by atoms with Crippen LogP contribution in [-0.2, 0) is 4.79 Å². The van der Waals surface area contributed by atoms with Crippen molar-refractivity contribution in [3.05, 3.63) is 42.5 Å². The molecule has 0 N–H and O–H groups in total.